The molecule has 8 nitrogen and oxygen atoms in total. The summed E-state index contributed by atoms with van der Waals surface area (Å²) in [7, 11) is -2.36. The molecule has 0 aliphatic carbocycles. The number of carbonyl (C=O) groups is 1. The maximum absolute atomic E-state index is 12.4. The number of aromatic carboxylic acids is 1. The molecule has 1 aliphatic rings. The Labute approximate surface area is 147 Å². The van der Waals surface area contributed by atoms with E-state index in [4.69, 9.17) is 9.47 Å². The lowest BCUT2D eigenvalue weighted by Gasteiger charge is -2.16. The van der Waals surface area contributed by atoms with Crippen molar-refractivity contribution in [2.24, 2.45) is 0 Å². The molecule has 1 fully saturated rings. The summed E-state index contributed by atoms with van der Waals surface area (Å²) in [5.41, 5.74) is 0.271. The molecule has 9 heteroatoms. The molecule has 1 saturated heterocycles. The topological polar surface area (TPSA) is 114 Å². The first-order valence-corrected chi connectivity index (χ1v) is 9.56. The largest absolute Gasteiger partial charge is 0.478 e. The lowest BCUT2D eigenvalue weighted by molar-refractivity contribution is 0.0697. The Kier molecular flexibility index (Phi) is 6.77. The molecule has 3 N–H and O–H groups in total. The number of benzene rings is 1. The van der Waals surface area contributed by atoms with Crippen molar-refractivity contribution in [3.05, 3.63) is 23.8 Å². The molecule has 2 atom stereocenters. The third-order valence-corrected chi connectivity index (χ3v) is 5.44. The molecular weight excluding hydrogens is 348 g/mol. The standard InChI is InChI=1S/C16H24N2O6S/c1-11(10-23-2)18-25(21,22)13-5-6-15(14(8-13)16(19)20)17-9-12-4-3-7-24-12/h5-6,8,11-12,17-18H,3-4,7,9-10H2,1-2H3,(H,19,20)/t11-,12+/m0/s1. The molecule has 1 aliphatic heterocycles. The highest BCUT2D eigenvalue weighted by Crippen LogP contribution is 2.22. The first-order valence-electron chi connectivity index (χ1n) is 8.07. The third kappa shape index (κ3) is 5.40. The van der Waals surface area contributed by atoms with Gasteiger partial charge in [-0.25, -0.2) is 17.9 Å². The van der Waals surface area contributed by atoms with Crippen LogP contribution in [0.2, 0.25) is 0 Å². The van der Waals surface area contributed by atoms with Gasteiger partial charge in [-0.1, -0.05) is 0 Å². The minimum Gasteiger partial charge on any atom is -0.478 e. The van der Waals surface area contributed by atoms with Gasteiger partial charge in [-0.2, -0.15) is 0 Å². The van der Waals surface area contributed by atoms with Crippen LogP contribution in [-0.4, -0.2) is 58.5 Å². The van der Waals surface area contributed by atoms with Crippen LogP contribution in [-0.2, 0) is 19.5 Å². The zero-order valence-corrected chi connectivity index (χ0v) is 15.1. The van der Waals surface area contributed by atoms with Crippen LogP contribution in [0, 0.1) is 0 Å². The number of hydrogen-bond acceptors (Lipinski definition) is 6. The maximum Gasteiger partial charge on any atom is 0.337 e. The minimum absolute atomic E-state index is 0.0432. The van der Waals surface area contributed by atoms with Crippen molar-refractivity contribution in [2.75, 3.05) is 32.2 Å². The fourth-order valence-corrected chi connectivity index (χ4v) is 3.92. The first kappa shape index (κ1) is 19.6. The van der Waals surface area contributed by atoms with Crippen LogP contribution in [0.15, 0.2) is 23.1 Å². The quantitative estimate of drug-likeness (QED) is 0.598. The van der Waals surface area contributed by atoms with E-state index < -0.39 is 22.0 Å². The Morgan fingerprint density at radius 2 is 2.24 bits per heavy atom. The van der Waals surface area contributed by atoms with Crippen molar-refractivity contribution in [2.45, 2.75) is 36.8 Å². The van der Waals surface area contributed by atoms with Crippen LogP contribution in [0.5, 0.6) is 0 Å². The lowest BCUT2D eigenvalue weighted by Crippen LogP contribution is -2.35. The predicted molar refractivity (Wildman–Crippen MR) is 92.5 cm³/mol. The van der Waals surface area contributed by atoms with Crippen LogP contribution in [0.25, 0.3) is 0 Å². The van der Waals surface area contributed by atoms with E-state index in [1.54, 1.807) is 6.92 Å². The van der Waals surface area contributed by atoms with Gasteiger partial charge in [0.25, 0.3) is 0 Å². The molecule has 1 aromatic rings. The van der Waals surface area contributed by atoms with Crippen molar-refractivity contribution < 1.29 is 27.8 Å². The summed E-state index contributed by atoms with van der Waals surface area (Å²) in [5.74, 6) is -1.20. The second-order valence-corrected chi connectivity index (χ2v) is 7.72. The molecule has 25 heavy (non-hydrogen) atoms. The summed E-state index contributed by atoms with van der Waals surface area (Å²) < 4.78 is 37.6. The van der Waals surface area contributed by atoms with Gasteiger partial charge in [-0.3, -0.25) is 0 Å². The molecule has 1 heterocycles. The van der Waals surface area contributed by atoms with Crippen LogP contribution >= 0.6 is 0 Å². The van der Waals surface area contributed by atoms with Gasteiger partial charge in [0.05, 0.1) is 23.2 Å². The van der Waals surface area contributed by atoms with Crippen LogP contribution in [0.4, 0.5) is 5.69 Å². The average molecular weight is 372 g/mol. The zero-order chi connectivity index (χ0) is 18.4. The van der Waals surface area contributed by atoms with Crippen molar-refractivity contribution >= 4 is 21.7 Å². The normalized spacial score (nSPS) is 18.9. The Morgan fingerprint density at radius 1 is 1.48 bits per heavy atom. The molecule has 0 aromatic heterocycles. The molecule has 0 bridgehead atoms. The number of ether oxygens (including phenoxy) is 2. The monoisotopic (exact) mass is 372 g/mol. The average Bonchev–Trinajstić information content (AvgIpc) is 3.05. The van der Waals surface area contributed by atoms with Crippen LogP contribution in [0.1, 0.15) is 30.1 Å². The van der Waals surface area contributed by atoms with Crippen molar-refractivity contribution in [1.82, 2.24) is 4.72 Å². The number of methoxy groups -OCH3 is 1. The van der Waals surface area contributed by atoms with Gasteiger partial charge in [0.1, 0.15) is 0 Å². The fourth-order valence-electron chi connectivity index (χ4n) is 2.67. The third-order valence-electron chi connectivity index (χ3n) is 3.85. The van der Waals surface area contributed by atoms with E-state index in [0.717, 1.165) is 18.9 Å². The molecule has 0 spiro atoms. The van der Waals surface area contributed by atoms with Gasteiger partial charge < -0.3 is 19.9 Å². The highest BCUT2D eigenvalue weighted by molar-refractivity contribution is 7.89. The van der Waals surface area contributed by atoms with E-state index in [0.29, 0.717) is 18.8 Å². The molecule has 2 rings (SSSR count). The van der Waals surface area contributed by atoms with Gasteiger partial charge >= 0.3 is 5.97 Å². The van der Waals surface area contributed by atoms with Gasteiger partial charge in [0.2, 0.25) is 10.0 Å². The molecular formula is C16H24N2O6S. The molecule has 0 unspecified atom stereocenters. The summed E-state index contributed by atoms with van der Waals surface area (Å²) in [5, 5.41) is 12.4. The molecule has 0 amide bonds. The van der Waals surface area contributed by atoms with E-state index >= 15 is 0 Å². The second kappa shape index (κ2) is 8.61. The number of carboxylic acids is 1. The van der Waals surface area contributed by atoms with Crippen molar-refractivity contribution in [3.63, 3.8) is 0 Å². The number of rotatable bonds is 9. The Balaban J connectivity index is 2.17. The van der Waals surface area contributed by atoms with Gasteiger partial charge in [0.15, 0.2) is 0 Å². The number of nitrogens with one attached hydrogen (secondary N) is 2. The SMILES string of the molecule is COC[C@H](C)NS(=O)(=O)c1ccc(NC[C@H]2CCCO2)c(C(=O)O)c1. The summed E-state index contributed by atoms with van der Waals surface area (Å²) in [6.45, 7) is 3.07. The van der Waals surface area contributed by atoms with E-state index in [-0.39, 0.29) is 23.2 Å². The zero-order valence-electron chi connectivity index (χ0n) is 14.3. The predicted octanol–water partition coefficient (Wildman–Crippen LogP) is 1.29. The van der Waals surface area contributed by atoms with E-state index in [1.165, 1.54) is 19.2 Å². The van der Waals surface area contributed by atoms with Crippen LogP contribution in [0.3, 0.4) is 0 Å². The van der Waals surface area contributed by atoms with Gasteiger partial charge in [0, 0.05) is 32.0 Å². The van der Waals surface area contributed by atoms with Gasteiger partial charge in [-0.15, -0.1) is 0 Å². The lowest BCUT2D eigenvalue weighted by atomic mass is 10.1. The Bertz CT molecular complexity index is 701. The maximum atomic E-state index is 12.4. The molecule has 0 radical (unpaired) electrons. The Hall–Kier alpha value is -1.68. The summed E-state index contributed by atoms with van der Waals surface area (Å²) in [4.78, 5) is 11.4. The summed E-state index contributed by atoms with van der Waals surface area (Å²) in [6, 6.07) is 3.57. The highest BCUT2D eigenvalue weighted by atomic mass is 32.2. The fraction of sp³-hybridized carbons (Fsp3) is 0.562. The number of sulfonamides is 1. The Morgan fingerprint density at radius 3 is 2.84 bits per heavy atom. The van der Waals surface area contributed by atoms with Gasteiger partial charge in [-0.05, 0) is 38.0 Å². The highest BCUT2D eigenvalue weighted by Gasteiger charge is 2.22. The summed E-state index contributed by atoms with van der Waals surface area (Å²) in [6.07, 6.45) is 1.95. The number of anilines is 1. The minimum atomic E-state index is -3.83. The van der Waals surface area contributed by atoms with Crippen molar-refractivity contribution in [1.29, 1.82) is 0 Å². The summed E-state index contributed by atoms with van der Waals surface area (Å²) >= 11 is 0. The van der Waals surface area contributed by atoms with Crippen molar-refractivity contribution in [3.8, 4) is 0 Å². The second-order valence-electron chi connectivity index (χ2n) is 6.01. The number of hydrogen-bond donors (Lipinski definition) is 3. The molecule has 140 valence electrons. The van der Waals surface area contributed by atoms with Crippen LogP contribution < -0.4 is 10.0 Å². The first-order chi connectivity index (χ1) is 11.8. The molecule has 1 aromatic carbocycles. The number of carboxylic acid groups (broad SMARTS) is 1. The molecule has 0 saturated carbocycles. The van der Waals surface area contributed by atoms with E-state index in [2.05, 4.69) is 10.0 Å². The van der Waals surface area contributed by atoms with E-state index in [1.807, 2.05) is 0 Å². The smallest absolute Gasteiger partial charge is 0.337 e. The van der Waals surface area contributed by atoms with E-state index in [9.17, 15) is 18.3 Å².